The molecular formula is C17H30O5Si9. The van der Waals surface area contributed by atoms with Gasteiger partial charge in [0, 0.05) is 80.8 Å². The standard InChI is InChI=1S/C17H30O5Si9/c1-7-20-28(21-8-2)29(31(25,26)27,30(23,24)22-9-3)11-10-16-14(4)12-15(18-5)13-17(16)19-6/h12-13H,7-11H2,1-6H3. The lowest BCUT2D eigenvalue weighted by molar-refractivity contribution is 0.229. The Labute approximate surface area is 208 Å². The molecule has 1 aromatic carbocycles. The molecule has 5 nitrogen and oxygen atoms in total. The van der Waals surface area contributed by atoms with Crippen LogP contribution in [-0.2, 0) is 19.7 Å². The minimum Gasteiger partial charge on any atom is -0.497 e. The van der Waals surface area contributed by atoms with Gasteiger partial charge in [0.25, 0.3) is 0 Å². The highest BCUT2D eigenvalue weighted by atomic mass is 30.4. The van der Waals surface area contributed by atoms with Crippen molar-refractivity contribution in [3.63, 3.8) is 0 Å². The molecule has 0 aliphatic carbocycles. The molecule has 0 amide bonds. The van der Waals surface area contributed by atoms with E-state index in [4.69, 9.17) is 22.8 Å². The summed E-state index contributed by atoms with van der Waals surface area (Å²) in [7, 11) is 22.2. The average molecular weight is 567 g/mol. The van der Waals surface area contributed by atoms with Gasteiger partial charge in [-0.2, -0.15) is 0 Å². The lowest BCUT2D eigenvalue weighted by atomic mass is 10.0. The number of methoxy groups -OCH3 is 2. The highest BCUT2D eigenvalue weighted by molar-refractivity contribution is 8.11. The molecule has 31 heavy (non-hydrogen) atoms. The number of hydrogen-bond donors (Lipinski definition) is 0. The van der Waals surface area contributed by atoms with E-state index >= 15 is 0 Å². The zero-order chi connectivity index (χ0) is 23.9. The van der Waals surface area contributed by atoms with Gasteiger partial charge in [-0.1, -0.05) is 6.04 Å². The maximum Gasteiger partial charge on any atom is 0.354 e. The van der Waals surface area contributed by atoms with E-state index in [0.29, 0.717) is 19.8 Å². The Morgan fingerprint density at radius 2 is 1.45 bits per heavy atom. The molecule has 16 radical (unpaired) electrons. The number of benzene rings is 1. The second kappa shape index (κ2) is 12.9. The molecule has 0 saturated carbocycles. The van der Waals surface area contributed by atoms with Crippen molar-refractivity contribution in [3.05, 3.63) is 23.3 Å². The van der Waals surface area contributed by atoms with Gasteiger partial charge in [-0.25, -0.2) is 0 Å². The fourth-order valence-corrected chi connectivity index (χ4v) is 97.8. The van der Waals surface area contributed by atoms with E-state index in [1.165, 1.54) is 0 Å². The van der Waals surface area contributed by atoms with Crippen LogP contribution in [0.2, 0.25) is 6.04 Å². The van der Waals surface area contributed by atoms with Crippen LogP contribution in [0.25, 0.3) is 0 Å². The first kappa shape index (κ1) is 29.7. The summed E-state index contributed by atoms with van der Waals surface area (Å²) in [6.07, 6.45) is -1.53. The van der Waals surface area contributed by atoms with E-state index in [9.17, 15) is 0 Å². The number of hydrogen-bond acceptors (Lipinski definition) is 5. The molecule has 0 N–H and O–H groups in total. The maximum atomic E-state index is 6.39. The molecule has 0 heterocycles. The Morgan fingerprint density at radius 1 is 0.871 bits per heavy atom. The Bertz CT molecular complexity index is 695. The average Bonchev–Trinajstić information content (AvgIpc) is 2.67. The van der Waals surface area contributed by atoms with Gasteiger partial charge < -0.3 is 22.8 Å². The van der Waals surface area contributed by atoms with E-state index in [1.807, 2.05) is 32.9 Å². The molecule has 0 aromatic heterocycles. The fraction of sp³-hybridized carbons (Fsp3) is 0.647. The van der Waals surface area contributed by atoms with Crippen LogP contribution >= 0.6 is 0 Å². The van der Waals surface area contributed by atoms with Crippen molar-refractivity contribution >= 4 is 77.2 Å². The van der Waals surface area contributed by atoms with Crippen LogP contribution in [0, 0.1) is 6.92 Å². The first-order valence-corrected chi connectivity index (χ1v) is 28.1. The third-order valence-corrected chi connectivity index (χ3v) is 83.5. The third-order valence-electron chi connectivity index (χ3n) is 5.11. The molecular weight excluding hydrogens is 537 g/mol. The van der Waals surface area contributed by atoms with Crippen molar-refractivity contribution in [1.29, 1.82) is 0 Å². The second-order valence-electron chi connectivity index (χ2n) is 7.05. The van der Waals surface area contributed by atoms with E-state index in [0.717, 1.165) is 35.1 Å². The predicted octanol–water partition coefficient (Wildman–Crippen LogP) is 0.557. The van der Waals surface area contributed by atoms with Crippen molar-refractivity contribution < 1.29 is 22.8 Å². The highest BCUT2D eigenvalue weighted by Gasteiger charge is 2.65. The van der Waals surface area contributed by atoms with Gasteiger partial charge >= 0.3 is 8.80 Å². The van der Waals surface area contributed by atoms with Gasteiger partial charge in [0.1, 0.15) is 25.0 Å². The summed E-state index contributed by atoms with van der Waals surface area (Å²) in [5.74, 6) is 1.62. The Balaban J connectivity index is 3.61. The van der Waals surface area contributed by atoms with Crippen molar-refractivity contribution in [1.82, 2.24) is 0 Å². The molecule has 1 rings (SSSR count). The fourth-order valence-electron chi connectivity index (χ4n) is 3.60. The van der Waals surface area contributed by atoms with Crippen molar-refractivity contribution in [3.8, 4) is 11.5 Å². The Kier molecular flexibility index (Phi) is 12.4. The van der Waals surface area contributed by atoms with Gasteiger partial charge in [0.2, 0.25) is 0 Å². The van der Waals surface area contributed by atoms with Crippen molar-refractivity contribution in [2.24, 2.45) is 0 Å². The first-order chi connectivity index (χ1) is 14.4. The summed E-state index contributed by atoms with van der Waals surface area (Å²) in [5.41, 5.74) is 2.30. The molecule has 1 aromatic rings. The third kappa shape index (κ3) is 6.84. The first-order valence-electron chi connectivity index (χ1n) is 10.2. The van der Waals surface area contributed by atoms with Crippen LogP contribution in [0.3, 0.4) is 0 Å². The molecule has 1 unspecified atom stereocenters. The van der Waals surface area contributed by atoms with Crippen LogP contribution in [-0.4, -0.2) is 111 Å². The molecule has 0 saturated heterocycles. The minimum atomic E-state index is -2.58. The van der Waals surface area contributed by atoms with E-state index in [2.05, 4.69) is 55.7 Å². The molecule has 14 heteroatoms. The molecule has 0 aliphatic heterocycles. The van der Waals surface area contributed by atoms with Crippen LogP contribution in [0.5, 0.6) is 11.5 Å². The topological polar surface area (TPSA) is 46.2 Å². The van der Waals surface area contributed by atoms with Crippen LogP contribution in [0.4, 0.5) is 0 Å². The quantitative estimate of drug-likeness (QED) is 0.308. The number of ether oxygens (including phenoxy) is 2. The molecule has 0 spiro atoms. The maximum absolute atomic E-state index is 6.39. The van der Waals surface area contributed by atoms with Crippen LogP contribution in [0.15, 0.2) is 12.1 Å². The SMILES string of the molecule is CCO[Si](OCC)[Si](CCc1c(C)cc(OC)cc1OC)([Si]([Si])([Si])[Si])[Si]([Si])([Si])OCC. The van der Waals surface area contributed by atoms with Gasteiger partial charge in [0.05, 0.1) is 14.2 Å². The molecule has 1 atom stereocenters. The second-order valence-corrected chi connectivity index (χ2v) is 55.9. The zero-order valence-electron chi connectivity index (χ0n) is 19.2. The Hall–Kier alpha value is 0.652. The van der Waals surface area contributed by atoms with Crippen LogP contribution < -0.4 is 9.47 Å². The van der Waals surface area contributed by atoms with E-state index in [-0.39, 0.29) is 0 Å². The summed E-state index contributed by atoms with van der Waals surface area (Å²) in [6, 6.07) is 4.87. The number of rotatable bonds is 14. The molecule has 0 aliphatic rings. The van der Waals surface area contributed by atoms with Gasteiger partial charge in [-0.3, -0.25) is 0 Å². The zero-order valence-corrected chi connectivity index (χ0v) is 28.2. The monoisotopic (exact) mass is 566 g/mol. The molecule has 0 fully saturated rings. The van der Waals surface area contributed by atoms with E-state index < -0.39 is 28.4 Å². The normalized spacial score (nSPS) is 14.6. The highest BCUT2D eigenvalue weighted by Crippen LogP contribution is 2.35. The minimum absolute atomic E-state index is 0.595. The Morgan fingerprint density at radius 3 is 1.87 bits per heavy atom. The lowest BCUT2D eigenvalue weighted by Gasteiger charge is -2.52. The summed E-state index contributed by atoms with van der Waals surface area (Å²) in [5, 5.41) is 0. The largest absolute Gasteiger partial charge is 0.497 e. The van der Waals surface area contributed by atoms with E-state index in [1.54, 1.807) is 14.2 Å². The van der Waals surface area contributed by atoms with Crippen molar-refractivity contribution in [2.45, 2.75) is 40.2 Å². The summed E-state index contributed by atoms with van der Waals surface area (Å²) in [6.45, 7) is 4.87. The smallest absolute Gasteiger partial charge is 0.354 e. The molecule has 164 valence electrons. The van der Waals surface area contributed by atoms with Crippen LogP contribution in [0.1, 0.15) is 31.9 Å². The predicted molar refractivity (Wildman–Crippen MR) is 139 cm³/mol. The van der Waals surface area contributed by atoms with Gasteiger partial charge in [-0.05, 0) is 51.3 Å². The lowest BCUT2D eigenvalue weighted by Crippen LogP contribution is -2.89. The summed E-state index contributed by atoms with van der Waals surface area (Å²) < 4.78 is 30.2. The number of aryl methyl sites for hydroxylation is 1. The van der Waals surface area contributed by atoms with Crippen molar-refractivity contribution in [2.75, 3.05) is 34.0 Å². The van der Waals surface area contributed by atoms with Gasteiger partial charge in [0.15, 0.2) is 0 Å². The van der Waals surface area contributed by atoms with Gasteiger partial charge in [-0.15, -0.1) is 0 Å². The summed E-state index contributed by atoms with van der Waals surface area (Å²) in [4.78, 5) is 0. The summed E-state index contributed by atoms with van der Waals surface area (Å²) >= 11 is 0. The molecule has 0 bridgehead atoms.